The van der Waals surface area contributed by atoms with E-state index in [1.54, 1.807) is 6.07 Å². The predicted octanol–water partition coefficient (Wildman–Crippen LogP) is 5.74. The van der Waals surface area contributed by atoms with E-state index in [0.29, 0.717) is 0 Å². The number of phenols is 1. The fraction of sp³-hybridized carbons (Fsp3) is 0.261. The van der Waals surface area contributed by atoms with E-state index in [4.69, 9.17) is 0 Å². The lowest BCUT2D eigenvalue weighted by molar-refractivity contribution is 0.476. The van der Waals surface area contributed by atoms with Crippen LogP contribution in [0.5, 0.6) is 5.75 Å². The highest BCUT2D eigenvalue weighted by Crippen LogP contribution is 2.35. The molecule has 0 bridgehead atoms. The summed E-state index contributed by atoms with van der Waals surface area (Å²) in [6, 6.07) is 16.4. The Balaban J connectivity index is 2.09. The van der Waals surface area contributed by atoms with Crippen molar-refractivity contribution in [1.29, 1.82) is 0 Å². The van der Waals surface area contributed by atoms with Gasteiger partial charge in [-0.1, -0.05) is 33.8 Å². The van der Waals surface area contributed by atoms with Crippen LogP contribution < -0.4 is 0 Å². The monoisotopic (exact) mass is 344 g/mol. The van der Waals surface area contributed by atoms with Gasteiger partial charge in [0.05, 0.1) is 11.0 Å². The van der Waals surface area contributed by atoms with E-state index in [2.05, 4.69) is 67.6 Å². The summed E-state index contributed by atoms with van der Waals surface area (Å²) >= 11 is 0. The molecular weight excluding hydrogens is 320 g/mol. The van der Waals surface area contributed by atoms with Crippen LogP contribution in [0.1, 0.15) is 38.8 Å². The summed E-state index contributed by atoms with van der Waals surface area (Å²) < 4.78 is 2.15. The standard InChI is InChI=1S/C23H24N2O/c1-5-15-6-9-20-19(12-15)18-8-7-17(26)14-21(18)25(20)22-13-16(10-11-24-22)23(2,3)4/h6-14,26H,5H2,1-4H3. The number of aromatic hydroxyl groups is 1. The predicted molar refractivity (Wildman–Crippen MR) is 108 cm³/mol. The molecule has 0 amide bonds. The molecule has 0 unspecified atom stereocenters. The van der Waals surface area contributed by atoms with E-state index >= 15 is 0 Å². The lowest BCUT2D eigenvalue weighted by Gasteiger charge is -2.20. The summed E-state index contributed by atoms with van der Waals surface area (Å²) in [5.41, 5.74) is 4.69. The van der Waals surface area contributed by atoms with Crippen molar-refractivity contribution in [2.24, 2.45) is 0 Å². The SMILES string of the molecule is CCc1ccc2c(c1)c1ccc(O)cc1n2-c1cc(C(C)(C)C)ccn1. The second-order valence-corrected chi connectivity index (χ2v) is 7.89. The van der Waals surface area contributed by atoms with Gasteiger partial charge in [0.15, 0.2) is 0 Å². The fourth-order valence-corrected chi connectivity index (χ4v) is 3.53. The van der Waals surface area contributed by atoms with Crippen LogP contribution >= 0.6 is 0 Å². The minimum atomic E-state index is 0.0496. The van der Waals surface area contributed by atoms with Crippen molar-refractivity contribution in [3.63, 3.8) is 0 Å². The van der Waals surface area contributed by atoms with Crippen molar-refractivity contribution in [3.8, 4) is 11.6 Å². The van der Waals surface area contributed by atoms with E-state index in [1.807, 2.05) is 18.3 Å². The van der Waals surface area contributed by atoms with Gasteiger partial charge < -0.3 is 5.11 Å². The number of phenolic OH excluding ortho intramolecular Hbond substituents is 1. The maximum absolute atomic E-state index is 10.1. The van der Waals surface area contributed by atoms with Crippen LogP contribution in [0.3, 0.4) is 0 Å². The highest BCUT2D eigenvalue weighted by atomic mass is 16.3. The number of fused-ring (bicyclic) bond motifs is 3. The van der Waals surface area contributed by atoms with Gasteiger partial charge in [-0.3, -0.25) is 4.57 Å². The molecule has 0 aliphatic heterocycles. The number of hydrogen-bond acceptors (Lipinski definition) is 2. The van der Waals surface area contributed by atoms with Crippen LogP contribution in [-0.2, 0) is 11.8 Å². The van der Waals surface area contributed by atoms with Crippen molar-refractivity contribution < 1.29 is 5.11 Å². The Labute approximate surface area is 153 Å². The molecule has 0 aliphatic carbocycles. The first-order valence-corrected chi connectivity index (χ1v) is 9.11. The first-order chi connectivity index (χ1) is 12.4. The minimum absolute atomic E-state index is 0.0496. The van der Waals surface area contributed by atoms with Gasteiger partial charge in [-0.25, -0.2) is 4.98 Å². The topological polar surface area (TPSA) is 38.0 Å². The van der Waals surface area contributed by atoms with Crippen LogP contribution in [0.15, 0.2) is 54.7 Å². The molecule has 2 aromatic carbocycles. The van der Waals surface area contributed by atoms with Crippen LogP contribution in [0, 0.1) is 0 Å². The quantitative estimate of drug-likeness (QED) is 0.503. The highest BCUT2D eigenvalue weighted by Gasteiger charge is 2.18. The van der Waals surface area contributed by atoms with E-state index in [-0.39, 0.29) is 11.2 Å². The van der Waals surface area contributed by atoms with Gasteiger partial charge in [0.25, 0.3) is 0 Å². The molecule has 0 atom stereocenters. The van der Waals surface area contributed by atoms with Crippen molar-refractivity contribution in [2.45, 2.75) is 39.5 Å². The smallest absolute Gasteiger partial charge is 0.137 e. The maximum atomic E-state index is 10.1. The Hall–Kier alpha value is -2.81. The number of pyridine rings is 1. The van der Waals surface area contributed by atoms with Crippen molar-refractivity contribution >= 4 is 21.8 Å². The molecule has 0 spiro atoms. The zero-order chi connectivity index (χ0) is 18.5. The Morgan fingerprint density at radius 3 is 2.46 bits per heavy atom. The molecule has 0 saturated heterocycles. The molecule has 2 aromatic heterocycles. The minimum Gasteiger partial charge on any atom is -0.508 e. The number of benzene rings is 2. The fourth-order valence-electron chi connectivity index (χ4n) is 3.53. The molecule has 0 saturated carbocycles. The highest BCUT2D eigenvalue weighted by molar-refractivity contribution is 6.09. The van der Waals surface area contributed by atoms with Gasteiger partial charge in [-0.15, -0.1) is 0 Å². The first kappa shape index (κ1) is 16.6. The van der Waals surface area contributed by atoms with Gasteiger partial charge >= 0.3 is 0 Å². The van der Waals surface area contributed by atoms with E-state index in [9.17, 15) is 5.11 Å². The lowest BCUT2D eigenvalue weighted by Crippen LogP contribution is -2.12. The van der Waals surface area contributed by atoms with Gasteiger partial charge in [-0.2, -0.15) is 0 Å². The van der Waals surface area contributed by atoms with Crippen LogP contribution in [-0.4, -0.2) is 14.7 Å². The number of rotatable bonds is 2. The molecule has 3 heteroatoms. The summed E-state index contributed by atoms with van der Waals surface area (Å²) in [5, 5.41) is 12.4. The normalized spacial score (nSPS) is 12.2. The van der Waals surface area contributed by atoms with E-state index in [0.717, 1.165) is 28.7 Å². The van der Waals surface area contributed by atoms with Crippen molar-refractivity contribution in [1.82, 2.24) is 9.55 Å². The zero-order valence-electron chi connectivity index (χ0n) is 15.7. The third kappa shape index (κ3) is 2.64. The molecule has 4 rings (SSSR count). The number of aromatic nitrogens is 2. The summed E-state index contributed by atoms with van der Waals surface area (Å²) in [5.74, 6) is 1.15. The molecule has 26 heavy (non-hydrogen) atoms. The molecule has 2 heterocycles. The largest absolute Gasteiger partial charge is 0.508 e. The second-order valence-electron chi connectivity index (χ2n) is 7.89. The molecule has 132 valence electrons. The third-order valence-corrected chi connectivity index (χ3v) is 5.06. The third-order valence-electron chi connectivity index (χ3n) is 5.06. The number of aryl methyl sites for hydroxylation is 1. The molecule has 0 aliphatic rings. The Bertz CT molecular complexity index is 1120. The van der Waals surface area contributed by atoms with Gasteiger partial charge in [-0.05, 0) is 59.4 Å². The van der Waals surface area contributed by atoms with Crippen LogP contribution in [0.4, 0.5) is 0 Å². The van der Waals surface area contributed by atoms with Crippen molar-refractivity contribution in [2.75, 3.05) is 0 Å². The molecule has 4 aromatic rings. The number of nitrogens with zero attached hydrogens (tertiary/aromatic N) is 2. The molecule has 3 nitrogen and oxygen atoms in total. The summed E-state index contributed by atoms with van der Waals surface area (Å²) in [4.78, 5) is 4.65. The number of hydrogen-bond donors (Lipinski definition) is 1. The molecule has 0 radical (unpaired) electrons. The molecular formula is C23H24N2O. The lowest BCUT2D eigenvalue weighted by atomic mass is 9.88. The average molecular weight is 344 g/mol. The summed E-state index contributed by atoms with van der Waals surface area (Å²) in [6.07, 6.45) is 2.87. The van der Waals surface area contributed by atoms with Crippen LogP contribution in [0.2, 0.25) is 0 Å². The Morgan fingerprint density at radius 2 is 1.73 bits per heavy atom. The zero-order valence-corrected chi connectivity index (χ0v) is 15.7. The van der Waals surface area contributed by atoms with E-state index in [1.165, 1.54) is 16.5 Å². The Morgan fingerprint density at radius 1 is 0.923 bits per heavy atom. The van der Waals surface area contributed by atoms with Crippen LogP contribution in [0.25, 0.3) is 27.6 Å². The maximum Gasteiger partial charge on any atom is 0.137 e. The average Bonchev–Trinajstić information content (AvgIpc) is 2.93. The van der Waals surface area contributed by atoms with Crippen molar-refractivity contribution in [3.05, 3.63) is 65.9 Å². The van der Waals surface area contributed by atoms with Gasteiger partial charge in [0, 0.05) is 23.0 Å². The van der Waals surface area contributed by atoms with Gasteiger partial charge in [0.2, 0.25) is 0 Å². The first-order valence-electron chi connectivity index (χ1n) is 9.11. The van der Waals surface area contributed by atoms with Gasteiger partial charge in [0.1, 0.15) is 11.6 Å². The summed E-state index contributed by atoms with van der Waals surface area (Å²) in [6.45, 7) is 8.78. The molecule has 1 N–H and O–H groups in total. The summed E-state index contributed by atoms with van der Waals surface area (Å²) in [7, 11) is 0. The van der Waals surface area contributed by atoms with E-state index < -0.39 is 0 Å². The Kier molecular flexibility index (Phi) is 3.76. The second kappa shape index (κ2) is 5.87. The molecule has 0 fully saturated rings.